The maximum absolute atomic E-state index is 13.3. The zero-order valence-electron chi connectivity index (χ0n) is 14.8. The molecule has 3 atom stereocenters. The SMILES string of the molecule is CC1(C)CC2NCC(C)(C1)C2C(=O)c1ccc2[nH]cc(C(=O)O)c2c1. The number of carboxylic acids is 1. The molecule has 25 heavy (non-hydrogen) atoms. The number of H-pyrrole nitrogens is 1. The Morgan fingerprint density at radius 3 is 2.68 bits per heavy atom. The molecular weight excluding hydrogens is 316 g/mol. The first-order valence-corrected chi connectivity index (χ1v) is 8.82. The minimum Gasteiger partial charge on any atom is -0.478 e. The summed E-state index contributed by atoms with van der Waals surface area (Å²) in [5.74, 6) is -0.901. The van der Waals surface area contributed by atoms with Gasteiger partial charge in [-0.1, -0.05) is 20.8 Å². The number of carbonyl (C=O) groups is 2. The number of carbonyl (C=O) groups excluding carboxylic acids is 1. The summed E-state index contributed by atoms with van der Waals surface area (Å²) >= 11 is 0. The maximum atomic E-state index is 13.3. The van der Waals surface area contributed by atoms with Gasteiger partial charge in [-0.05, 0) is 41.9 Å². The van der Waals surface area contributed by atoms with Gasteiger partial charge in [0.1, 0.15) is 0 Å². The van der Waals surface area contributed by atoms with E-state index >= 15 is 0 Å². The number of Topliss-reactive ketones (excluding diaryl/α,β-unsaturated/α-hetero) is 1. The van der Waals surface area contributed by atoms with E-state index in [1.165, 1.54) is 6.20 Å². The van der Waals surface area contributed by atoms with Crippen molar-refractivity contribution in [1.29, 1.82) is 0 Å². The fraction of sp³-hybridized carbons (Fsp3) is 0.500. The first-order chi connectivity index (χ1) is 11.7. The Balaban J connectivity index is 1.73. The Morgan fingerprint density at radius 2 is 2.00 bits per heavy atom. The van der Waals surface area contributed by atoms with Gasteiger partial charge in [-0.2, -0.15) is 0 Å². The lowest BCUT2D eigenvalue weighted by Gasteiger charge is -2.45. The molecule has 5 heteroatoms. The van der Waals surface area contributed by atoms with E-state index in [2.05, 4.69) is 31.1 Å². The summed E-state index contributed by atoms with van der Waals surface area (Å²) in [5, 5.41) is 13.5. The smallest absolute Gasteiger partial charge is 0.337 e. The van der Waals surface area contributed by atoms with Crippen LogP contribution in [0.1, 0.15) is 54.3 Å². The van der Waals surface area contributed by atoms with Crippen LogP contribution in [0.25, 0.3) is 10.9 Å². The Kier molecular flexibility index (Phi) is 3.38. The first-order valence-electron chi connectivity index (χ1n) is 8.82. The summed E-state index contributed by atoms with van der Waals surface area (Å²) in [6.07, 6.45) is 3.50. The third kappa shape index (κ3) is 2.49. The highest BCUT2D eigenvalue weighted by Crippen LogP contribution is 2.53. The molecule has 0 amide bonds. The molecule has 2 aliphatic rings. The predicted molar refractivity (Wildman–Crippen MR) is 96.0 cm³/mol. The zero-order valence-corrected chi connectivity index (χ0v) is 14.8. The fourth-order valence-corrected chi connectivity index (χ4v) is 5.33. The molecule has 1 saturated carbocycles. The van der Waals surface area contributed by atoms with E-state index in [-0.39, 0.29) is 34.1 Å². The van der Waals surface area contributed by atoms with Gasteiger partial charge in [-0.25, -0.2) is 4.79 Å². The number of rotatable bonds is 3. The first kappa shape index (κ1) is 16.3. The van der Waals surface area contributed by atoms with E-state index in [1.54, 1.807) is 12.1 Å². The van der Waals surface area contributed by atoms with Crippen molar-refractivity contribution < 1.29 is 14.7 Å². The van der Waals surface area contributed by atoms with Crippen molar-refractivity contribution in [2.75, 3.05) is 6.54 Å². The van der Waals surface area contributed by atoms with Gasteiger partial charge in [-0.15, -0.1) is 0 Å². The van der Waals surface area contributed by atoms with Crippen LogP contribution in [0.3, 0.4) is 0 Å². The number of ketones is 1. The molecule has 0 spiro atoms. The van der Waals surface area contributed by atoms with Crippen molar-refractivity contribution in [1.82, 2.24) is 10.3 Å². The van der Waals surface area contributed by atoms with Gasteiger partial charge >= 0.3 is 5.97 Å². The number of hydrogen-bond acceptors (Lipinski definition) is 3. The van der Waals surface area contributed by atoms with Gasteiger partial charge in [0.25, 0.3) is 0 Å². The van der Waals surface area contributed by atoms with E-state index < -0.39 is 5.97 Å². The molecule has 2 fully saturated rings. The third-order valence-electron chi connectivity index (χ3n) is 6.06. The molecule has 2 aromatic rings. The molecule has 132 valence electrons. The number of aromatic amines is 1. The highest BCUT2D eigenvalue weighted by atomic mass is 16.4. The van der Waals surface area contributed by atoms with Crippen LogP contribution < -0.4 is 5.32 Å². The van der Waals surface area contributed by atoms with Crippen LogP contribution in [-0.4, -0.2) is 34.4 Å². The summed E-state index contributed by atoms with van der Waals surface area (Å²) in [5.41, 5.74) is 1.75. The highest BCUT2D eigenvalue weighted by molar-refractivity contribution is 6.07. The van der Waals surface area contributed by atoms with Crippen LogP contribution in [0.5, 0.6) is 0 Å². The van der Waals surface area contributed by atoms with Crippen molar-refractivity contribution in [3.05, 3.63) is 35.5 Å². The molecule has 3 unspecified atom stereocenters. The van der Waals surface area contributed by atoms with Crippen LogP contribution in [0, 0.1) is 16.7 Å². The van der Waals surface area contributed by atoms with E-state index in [9.17, 15) is 14.7 Å². The third-order valence-corrected chi connectivity index (χ3v) is 6.06. The molecule has 3 N–H and O–H groups in total. The minimum atomic E-state index is -0.982. The Bertz CT molecular complexity index is 882. The topological polar surface area (TPSA) is 82.2 Å². The van der Waals surface area contributed by atoms with Crippen LogP contribution >= 0.6 is 0 Å². The molecular formula is C20H24N2O3. The minimum absolute atomic E-state index is 0.0494. The molecule has 1 saturated heterocycles. The second-order valence-corrected chi connectivity index (χ2v) is 8.80. The van der Waals surface area contributed by atoms with Gasteiger partial charge in [0, 0.05) is 41.2 Å². The second kappa shape index (κ2) is 5.18. The standard InChI is InChI=1S/C20H24N2O3/c1-19(2)7-15-16(20(3,9-19)10-22-15)17(23)11-4-5-14-12(6-11)13(8-21-14)18(24)25/h4-6,8,15-16,21-22H,7,9-10H2,1-3H3,(H,24,25). The average molecular weight is 340 g/mol. The van der Waals surface area contributed by atoms with Gasteiger partial charge in [0.2, 0.25) is 0 Å². The Hall–Kier alpha value is -2.14. The molecule has 5 nitrogen and oxygen atoms in total. The van der Waals surface area contributed by atoms with Crippen molar-refractivity contribution in [2.24, 2.45) is 16.7 Å². The largest absolute Gasteiger partial charge is 0.478 e. The normalized spacial score (nSPS) is 30.5. The van der Waals surface area contributed by atoms with Crippen LogP contribution in [0.4, 0.5) is 0 Å². The van der Waals surface area contributed by atoms with Crippen LogP contribution in [0.15, 0.2) is 24.4 Å². The summed E-state index contributed by atoms with van der Waals surface area (Å²) < 4.78 is 0. The van der Waals surface area contributed by atoms with Crippen molar-refractivity contribution in [2.45, 2.75) is 39.7 Å². The molecule has 1 aliphatic carbocycles. The lowest BCUT2D eigenvalue weighted by atomic mass is 9.58. The predicted octanol–water partition coefficient (Wildman–Crippen LogP) is 3.46. The number of hydrogen-bond donors (Lipinski definition) is 3. The number of fused-ring (bicyclic) bond motifs is 3. The molecule has 1 aliphatic heterocycles. The zero-order chi connectivity index (χ0) is 18.0. The van der Waals surface area contributed by atoms with E-state index in [1.807, 2.05) is 6.07 Å². The summed E-state index contributed by atoms with van der Waals surface area (Å²) in [6, 6.07) is 5.55. The number of aromatic carboxylic acids is 1. The van der Waals surface area contributed by atoms with Gasteiger partial charge in [0.05, 0.1) is 5.56 Å². The Labute approximate surface area is 146 Å². The molecule has 0 radical (unpaired) electrons. The fourth-order valence-electron chi connectivity index (χ4n) is 5.33. The maximum Gasteiger partial charge on any atom is 0.337 e. The van der Waals surface area contributed by atoms with Crippen molar-refractivity contribution in [3.63, 3.8) is 0 Å². The molecule has 2 bridgehead atoms. The van der Waals surface area contributed by atoms with Crippen molar-refractivity contribution >= 4 is 22.7 Å². The van der Waals surface area contributed by atoms with E-state index in [0.29, 0.717) is 10.9 Å². The van der Waals surface area contributed by atoms with Gasteiger partial charge < -0.3 is 15.4 Å². The van der Waals surface area contributed by atoms with E-state index in [4.69, 9.17) is 0 Å². The number of nitrogens with one attached hydrogen (secondary N) is 2. The summed E-state index contributed by atoms with van der Waals surface area (Å²) in [4.78, 5) is 27.7. The van der Waals surface area contributed by atoms with Gasteiger partial charge in [0.15, 0.2) is 5.78 Å². The van der Waals surface area contributed by atoms with E-state index in [0.717, 1.165) is 24.9 Å². The molecule has 1 aromatic carbocycles. The second-order valence-electron chi connectivity index (χ2n) is 8.80. The van der Waals surface area contributed by atoms with Crippen LogP contribution in [0.2, 0.25) is 0 Å². The van der Waals surface area contributed by atoms with Crippen LogP contribution in [-0.2, 0) is 0 Å². The summed E-state index contributed by atoms with van der Waals surface area (Å²) in [6.45, 7) is 7.62. The highest BCUT2D eigenvalue weighted by Gasteiger charge is 2.55. The quantitative estimate of drug-likeness (QED) is 0.747. The van der Waals surface area contributed by atoms with Crippen molar-refractivity contribution in [3.8, 4) is 0 Å². The lowest BCUT2D eigenvalue weighted by molar-refractivity contribution is 0.0511. The summed E-state index contributed by atoms with van der Waals surface area (Å²) in [7, 11) is 0. The lowest BCUT2D eigenvalue weighted by Crippen LogP contribution is -2.46. The number of aromatic nitrogens is 1. The molecule has 2 heterocycles. The number of benzene rings is 1. The molecule has 4 rings (SSSR count). The Morgan fingerprint density at radius 1 is 1.24 bits per heavy atom. The van der Waals surface area contributed by atoms with Gasteiger partial charge in [-0.3, -0.25) is 4.79 Å². The molecule has 1 aromatic heterocycles. The number of carboxylic acid groups (broad SMARTS) is 1. The monoisotopic (exact) mass is 340 g/mol. The average Bonchev–Trinajstić information content (AvgIpc) is 3.03.